The third kappa shape index (κ3) is 6.14. The number of halogens is 1. The number of hydrogen-bond donors (Lipinski definition) is 1. The first-order valence-corrected chi connectivity index (χ1v) is 8.21. The number of hydrogen-bond acceptors (Lipinski definition) is 5. The van der Waals surface area contributed by atoms with E-state index in [1.807, 2.05) is 0 Å². The molecule has 1 N–H and O–H groups in total. The Morgan fingerprint density at radius 2 is 1.63 bits per heavy atom. The van der Waals surface area contributed by atoms with Gasteiger partial charge in [0, 0.05) is 17.5 Å². The van der Waals surface area contributed by atoms with Gasteiger partial charge in [-0.2, -0.15) is 0 Å². The highest BCUT2D eigenvalue weighted by molar-refractivity contribution is 6.04. The maximum atomic E-state index is 12.8. The summed E-state index contributed by atoms with van der Waals surface area (Å²) < 4.78 is 17.7. The van der Waals surface area contributed by atoms with E-state index in [-0.39, 0.29) is 24.4 Å². The molecule has 0 spiro atoms. The van der Waals surface area contributed by atoms with Crippen molar-refractivity contribution in [2.75, 3.05) is 11.9 Å². The number of amides is 1. The second-order valence-electron chi connectivity index (χ2n) is 5.74. The van der Waals surface area contributed by atoms with Crippen LogP contribution in [0.4, 0.5) is 10.1 Å². The molecular formula is C20H18FNO5. The highest BCUT2D eigenvalue weighted by Crippen LogP contribution is 2.15. The number of ether oxygens (including phenoxy) is 1. The summed E-state index contributed by atoms with van der Waals surface area (Å²) in [4.78, 5) is 47.0. The predicted molar refractivity (Wildman–Crippen MR) is 96.0 cm³/mol. The van der Waals surface area contributed by atoms with E-state index in [0.29, 0.717) is 16.8 Å². The number of carbonyl (C=O) groups excluding carboxylic acids is 4. The molecule has 7 heteroatoms. The Morgan fingerprint density at radius 1 is 0.963 bits per heavy atom. The zero-order valence-electron chi connectivity index (χ0n) is 14.7. The number of benzene rings is 2. The third-order valence-electron chi connectivity index (χ3n) is 3.67. The normalized spacial score (nSPS) is 10.1. The van der Waals surface area contributed by atoms with Gasteiger partial charge in [-0.1, -0.05) is 12.1 Å². The second-order valence-corrected chi connectivity index (χ2v) is 5.74. The minimum atomic E-state index is -0.708. The standard InChI is InChI=1S/C20H18FNO5/c1-13(23)16-4-2-3-5-17(16)22-19(25)12-27-20(26)11-10-18(24)14-6-8-15(21)9-7-14/h2-9H,10-12H2,1H3,(H,22,25). The van der Waals surface area contributed by atoms with Crippen molar-refractivity contribution in [3.8, 4) is 0 Å². The fourth-order valence-electron chi connectivity index (χ4n) is 2.30. The van der Waals surface area contributed by atoms with Crippen LogP contribution in [0.5, 0.6) is 0 Å². The Balaban J connectivity index is 1.78. The van der Waals surface area contributed by atoms with Crippen molar-refractivity contribution in [2.24, 2.45) is 0 Å². The summed E-state index contributed by atoms with van der Waals surface area (Å²) in [6.45, 7) is 0.846. The Morgan fingerprint density at radius 3 is 2.30 bits per heavy atom. The Bertz CT molecular complexity index is 861. The van der Waals surface area contributed by atoms with Gasteiger partial charge < -0.3 is 10.1 Å². The van der Waals surface area contributed by atoms with Gasteiger partial charge in [0.1, 0.15) is 5.82 Å². The topological polar surface area (TPSA) is 89.5 Å². The zero-order valence-corrected chi connectivity index (χ0v) is 14.7. The van der Waals surface area contributed by atoms with Crippen LogP contribution in [0.3, 0.4) is 0 Å². The Labute approximate surface area is 155 Å². The number of anilines is 1. The second kappa shape index (κ2) is 9.38. The molecule has 140 valence electrons. The quantitative estimate of drug-likeness (QED) is 0.569. The van der Waals surface area contributed by atoms with Gasteiger partial charge in [-0.05, 0) is 43.3 Å². The van der Waals surface area contributed by atoms with Crippen molar-refractivity contribution in [1.29, 1.82) is 0 Å². The molecule has 0 aromatic heterocycles. The minimum Gasteiger partial charge on any atom is -0.456 e. The van der Waals surface area contributed by atoms with Crippen LogP contribution in [0.25, 0.3) is 0 Å². The van der Waals surface area contributed by atoms with Crippen LogP contribution in [0, 0.1) is 5.82 Å². The van der Waals surface area contributed by atoms with Crippen molar-refractivity contribution < 1.29 is 28.3 Å². The minimum absolute atomic E-state index is 0.112. The largest absolute Gasteiger partial charge is 0.456 e. The number of carbonyl (C=O) groups is 4. The van der Waals surface area contributed by atoms with E-state index in [2.05, 4.69) is 5.32 Å². The van der Waals surface area contributed by atoms with Gasteiger partial charge in [0.2, 0.25) is 0 Å². The van der Waals surface area contributed by atoms with Crippen LogP contribution in [0.2, 0.25) is 0 Å². The molecule has 0 aliphatic rings. The van der Waals surface area contributed by atoms with Crippen LogP contribution < -0.4 is 5.32 Å². The smallest absolute Gasteiger partial charge is 0.306 e. The maximum absolute atomic E-state index is 12.8. The van der Waals surface area contributed by atoms with Gasteiger partial charge in [-0.3, -0.25) is 19.2 Å². The Hall–Kier alpha value is -3.35. The van der Waals surface area contributed by atoms with E-state index in [4.69, 9.17) is 4.74 Å². The highest BCUT2D eigenvalue weighted by atomic mass is 19.1. The van der Waals surface area contributed by atoms with Crippen molar-refractivity contribution in [3.05, 3.63) is 65.5 Å². The first kappa shape index (κ1) is 20.0. The number of Topliss-reactive ketones (excluding diaryl/α,β-unsaturated/α-hetero) is 2. The molecule has 0 saturated heterocycles. The molecule has 0 unspecified atom stereocenters. The number of esters is 1. The lowest BCUT2D eigenvalue weighted by Crippen LogP contribution is -2.22. The molecule has 0 atom stereocenters. The molecule has 0 aliphatic carbocycles. The average molecular weight is 371 g/mol. The maximum Gasteiger partial charge on any atom is 0.306 e. The summed E-state index contributed by atoms with van der Waals surface area (Å²) in [5, 5.41) is 2.50. The molecule has 0 radical (unpaired) electrons. The number of nitrogens with one attached hydrogen (secondary N) is 1. The molecule has 0 aliphatic heterocycles. The first-order chi connectivity index (χ1) is 12.9. The van der Waals surface area contributed by atoms with Crippen LogP contribution in [0.1, 0.15) is 40.5 Å². The van der Waals surface area contributed by atoms with Crippen molar-refractivity contribution in [1.82, 2.24) is 0 Å². The van der Waals surface area contributed by atoms with Crippen LogP contribution in [-0.4, -0.2) is 30.0 Å². The van der Waals surface area contributed by atoms with Gasteiger partial charge in [-0.25, -0.2) is 4.39 Å². The molecule has 0 saturated carbocycles. The summed E-state index contributed by atoms with van der Waals surface area (Å²) >= 11 is 0. The van der Waals surface area contributed by atoms with E-state index in [9.17, 15) is 23.6 Å². The SMILES string of the molecule is CC(=O)c1ccccc1NC(=O)COC(=O)CCC(=O)c1ccc(F)cc1. The van der Waals surface area contributed by atoms with Crippen LogP contribution >= 0.6 is 0 Å². The molecule has 0 bridgehead atoms. The molecule has 2 aromatic carbocycles. The number of rotatable bonds is 8. The van der Waals surface area contributed by atoms with E-state index in [1.54, 1.807) is 24.3 Å². The lowest BCUT2D eigenvalue weighted by molar-refractivity contribution is -0.147. The van der Waals surface area contributed by atoms with Crippen LogP contribution in [0.15, 0.2) is 48.5 Å². The fourth-order valence-corrected chi connectivity index (χ4v) is 2.30. The van der Waals surface area contributed by atoms with Gasteiger partial charge in [0.15, 0.2) is 18.2 Å². The molecule has 0 fully saturated rings. The third-order valence-corrected chi connectivity index (χ3v) is 3.67. The lowest BCUT2D eigenvalue weighted by atomic mass is 10.1. The Kier molecular flexibility index (Phi) is 6.93. The summed E-state index contributed by atoms with van der Waals surface area (Å²) in [7, 11) is 0. The molecule has 1 amide bonds. The number of ketones is 2. The monoisotopic (exact) mass is 371 g/mol. The summed E-state index contributed by atoms with van der Waals surface area (Å²) in [5.41, 5.74) is 0.974. The lowest BCUT2D eigenvalue weighted by Gasteiger charge is -2.09. The molecule has 27 heavy (non-hydrogen) atoms. The molecule has 6 nitrogen and oxygen atoms in total. The fraction of sp³-hybridized carbons (Fsp3) is 0.200. The molecule has 2 rings (SSSR count). The predicted octanol–water partition coefficient (Wildman–Crippen LogP) is 3.17. The van der Waals surface area contributed by atoms with Gasteiger partial charge in [-0.15, -0.1) is 0 Å². The van der Waals surface area contributed by atoms with E-state index < -0.39 is 24.3 Å². The van der Waals surface area contributed by atoms with Crippen molar-refractivity contribution in [3.63, 3.8) is 0 Å². The van der Waals surface area contributed by atoms with E-state index >= 15 is 0 Å². The zero-order chi connectivity index (χ0) is 19.8. The van der Waals surface area contributed by atoms with Crippen LogP contribution in [-0.2, 0) is 14.3 Å². The number of para-hydroxylation sites is 1. The molecule has 0 heterocycles. The summed E-state index contributed by atoms with van der Waals surface area (Å²) in [5.74, 6) is -2.29. The van der Waals surface area contributed by atoms with E-state index in [1.165, 1.54) is 19.1 Å². The van der Waals surface area contributed by atoms with Gasteiger partial charge in [0.25, 0.3) is 5.91 Å². The van der Waals surface area contributed by atoms with Gasteiger partial charge in [0.05, 0.1) is 12.1 Å². The van der Waals surface area contributed by atoms with Crippen molar-refractivity contribution in [2.45, 2.75) is 19.8 Å². The summed E-state index contributed by atoms with van der Waals surface area (Å²) in [6.07, 6.45) is -0.313. The van der Waals surface area contributed by atoms with E-state index in [0.717, 1.165) is 12.1 Å². The molecule has 2 aromatic rings. The summed E-state index contributed by atoms with van der Waals surface area (Å²) in [6, 6.07) is 11.5. The average Bonchev–Trinajstić information content (AvgIpc) is 2.65. The van der Waals surface area contributed by atoms with Gasteiger partial charge >= 0.3 is 5.97 Å². The highest BCUT2D eigenvalue weighted by Gasteiger charge is 2.14. The van der Waals surface area contributed by atoms with Crippen molar-refractivity contribution >= 4 is 29.1 Å². The first-order valence-electron chi connectivity index (χ1n) is 8.21. The molecular weight excluding hydrogens is 353 g/mol.